The van der Waals surface area contributed by atoms with E-state index < -0.39 is 0 Å². The molecule has 0 aromatic rings. The molecule has 20 heavy (non-hydrogen) atoms. The lowest BCUT2D eigenvalue weighted by Gasteiger charge is -2.48. The summed E-state index contributed by atoms with van der Waals surface area (Å²) in [4.78, 5) is 2.75. The molecule has 0 amide bonds. The summed E-state index contributed by atoms with van der Waals surface area (Å²) in [6, 6.07) is 1.39. The SMILES string of the molecule is CNC1CCC(C(C)(C)C)CC1N1CC2CCC(C1)O2. The summed E-state index contributed by atoms with van der Waals surface area (Å²) >= 11 is 0. The van der Waals surface area contributed by atoms with E-state index in [9.17, 15) is 0 Å². The minimum atomic E-state index is 0.447. The molecule has 2 heterocycles. The van der Waals surface area contributed by atoms with Gasteiger partial charge in [-0.2, -0.15) is 0 Å². The smallest absolute Gasteiger partial charge is 0.0707 e. The molecule has 0 radical (unpaired) electrons. The van der Waals surface area contributed by atoms with E-state index in [0.717, 1.165) is 19.0 Å². The third kappa shape index (κ3) is 2.90. The predicted molar refractivity (Wildman–Crippen MR) is 82.9 cm³/mol. The maximum absolute atomic E-state index is 6.02. The summed E-state index contributed by atoms with van der Waals surface area (Å²) in [7, 11) is 2.14. The average Bonchev–Trinajstić information content (AvgIpc) is 2.75. The van der Waals surface area contributed by atoms with E-state index in [0.29, 0.717) is 29.7 Å². The van der Waals surface area contributed by atoms with Crippen LogP contribution in [-0.2, 0) is 4.74 Å². The maximum atomic E-state index is 6.02. The van der Waals surface area contributed by atoms with Gasteiger partial charge in [0.1, 0.15) is 0 Å². The second-order valence-electron chi connectivity index (χ2n) is 8.25. The van der Waals surface area contributed by atoms with Gasteiger partial charge >= 0.3 is 0 Å². The molecule has 3 rings (SSSR count). The van der Waals surface area contributed by atoms with Crippen molar-refractivity contribution in [2.75, 3.05) is 20.1 Å². The van der Waals surface area contributed by atoms with E-state index >= 15 is 0 Å². The van der Waals surface area contributed by atoms with E-state index in [4.69, 9.17) is 4.74 Å². The average molecular weight is 280 g/mol. The van der Waals surface area contributed by atoms with Crippen LogP contribution in [0.25, 0.3) is 0 Å². The molecule has 0 spiro atoms. The molecule has 3 fully saturated rings. The van der Waals surface area contributed by atoms with Gasteiger partial charge in [-0.1, -0.05) is 20.8 Å². The Morgan fingerprint density at radius 2 is 1.65 bits per heavy atom. The molecule has 2 aliphatic heterocycles. The fourth-order valence-corrected chi connectivity index (χ4v) is 4.59. The van der Waals surface area contributed by atoms with Crippen molar-refractivity contribution in [2.24, 2.45) is 11.3 Å². The summed E-state index contributed by atoms with van der Waals surface area (Å²) in [5, 5.41) is 3.59. The van der Waals surface area contributed by atoms with Crippen LogP contribution in [0.2, 0.25) is 0 Å². The van der Waals surface area contributed by atoms with E-state index in [-0.39, 0.29) is 0 Å². The summed E-state index contributed by atoms with van der Waals surface area (Å²) in [6.45, 7) is 9.57. The minimum absolute atomic E-state index is 0.447. The molecule has 5 unspecified atom stereocenters. The number of fused-ring (bicyclic) bond motifs is 2. The Kier molecular flexibility index (Phi) is 4.13. The third-order valence-electron chi connectivity index (χ3n) is 5.95. The van der Waals surface area contributed by atoms with Crippen LogP contribution in [0.15, 0.2) is 0 Å². The van der Waals surface area contributed by atoms with Gasteiger partial charge in [-0.25, -0.2) is 0 Å². The van der Waals surface area contributed by atoms with Crippen molar-refractivity contribution in [3.63, 3.8) is 0 Å². The minimum Gasteiger partial charge on any atom is -0.372 e. The molecule has 2 bridgehead atoms. The van der Waals surface area contributed by atoms with E-state index in [2.05, 4.69) is 38.0 Å². The Hall–Kier alpha value is -0.120. The van der Waals surface area contributed by atoms with Gasteiger partial charge in [-0.15, -0.1) is 0 Å². The van der Waals surface area contributed by atoms with Crippen molar-refractivity contribution in [3.05, 3.63) is 0 Å². The number of nitrogens with one attached hydrogen (secondary N) is 1. The number of ether oxygens (including phenoxy) is 1. The molecule has 1 aliphatic carbocycles. The molecule has 3 nitrogen and oxygen atoms in total. The lowest BCUT2D eigenvalue weighted by atomic mass is 9.69. The van der Waals surface area contributed by atoms with Crippen LogP contribution in [0.5, 0.6) is 0 Å². The second-order valence-corrected chi connectivity index (χ2v) is 8.25. The van der Waals surface area contributed by atoms with Crippen LogP contribution in [0, 0.1) is 11.3 Å². The van der Waals surface area contributed by atoms with E-state index in [1.165, 1.54) is 32.1 Å². The number of rotatable bonds is 2. The predicted octanol–water partition coefficient (Wildman–Crippen LogP) is 2.65. The fraction of sp³-hybridized carbons (Fsp3) is 1.00. The van der Waals surface area contributed by atoms with Crippen molar-refractivity contribution in [1.82, 2.24) is 10.2 Å². The third-order valence-corrected chi connectivity index (χ3v) is 5.95. The zero-order chi connectivity index (χ0) is 14.3. The molecule has 0 aromatic carbocycles. The maximum Gasteiger partial charge on any atom is 0.0707 e. The van der Waals surface area contributed by atoms with Crippen LogP contribution in [-0.4, -0.2) is 49.3 Å². The monoisotopic (exact) mass is 280 g/mol. The first-order valence-corrected chi connectivity index (χ1v) is 8.54. The molecule has 5 atom stereocenters. The van der Waals surface area contributed by atoms with Crippen LogP contribution >= 0.6 is 0 Å². The van der Waals surface area contributed by atoms with Gasteiger partial charge in [0.05, 0.1) is 12.2 Å². The van der Waals surface area contributed by atoms with Gasteiger partial charge in [0.25, 0.3) is 0 Å². The van der Waals surface area contributed by atoms with Crippen molar-refractivity contribution in [2.45, 2.75) is 77.2 Å². The molecule has 2 saturated heterocycles. The zero-order valence-corrected chi connectivity index (χ0v) is 13.7. The quantitative estimate of drug-likeness (QED) is 0.841. The normalized spacial score (nSPS) is 42.9. The van der Waals surface area contributed by atoms with Crippen LogP contribution < -0.4 is 5.32 Å². The Balaban J connectivity index is 1.70. The highest BCUT2D eigenvalue weighted by Crippen LogP contribution is 2.40. The molecule has 116 valence electrons. The Labute approximate surface area is 124 Å². The molecular formula is C17H32N2O. The first kappa shape index (κ1) is 14.8. The molecule has 1 N–H and O–H groups in total. The lowest BCUT2D eigenvalue weighted by Crippen LogP contribution is -2.58. The van der Waals surface area contributed by atoms with Crippen LogP contribution in [0.3, 0.4) is 0 Å². The highest BCUT2D eigenvalue weighted by atomic mass is 16.5. The Morgan fingerprint density at radius 1 is 1.00 bits per heavy atom. The van der Waals surface area contributed by atoms with Gasteiger partial charge in [0.2, 0.25) is 0 Å². The fourth-order valence-electron chi connectivity index (χ4n) is 4.59. The number of likely N-dealkylation sites (tertiary alicyclic amines) is 1. The second kappa shape index (κ2) is 5.58. The number of hydrogen-bond acceptors (Lipinski definition) is 3. The van der Waals surface area contributed by atoms with Crippen molar-refractivity contribution in [1.29, 1.82) is 0 Å². The van der Waals surface area contributed by atoms with Crippen molar-refractivity contribution < 1.29 is 4.74 Å². The van der Waals surface area contributed by atoms with E-state index in [1.807, 2.05) is 0 Å². The van der Waals surface area contributed by atoms with Gasteiger partial charge in [0.15, 0.2) is 0 Å². The van der Waals surface area contributed by atoms with Crippen LogP contribution in [0.4, 0.5) is 0 Å². The molecular weight excluding hydrogens is 248 g/mol. The summed E-state index contributed by atoms with van der Waals surface area (Å²) in [5.41, 5.74) is 0.447. The Morgan fingerprint density at radius 3 is 2.20 bits per heavy atom. The molecule has 1 saturated carbocycles. The number of morpholine rings is 1. The van der Waals surface area contributed by atoms with Gasteiger partial charge in [-0.3, -0.25) is 4.90 Å². The van der Waals surface area contributed by atoms with Crippen molar-refractivity contribution >= 4 is 0 Å². The molecule has 0 aromatic heterocycles. The highest BCUT2D eigenvalue weighted by Gasteiger charge is 2.42. The van der Waals surface area contributed by atoms with Gasteiger partial charge < -0.3 is 10.1 Å². The summed E-state index contributed by atoms with van der Waals surface area (Å²) in [6.07, 6.45) is 7.65. The summed E-state index contributed by atoms with van der Waals surface area (Å²) in [5.74, 6) is 0.859. The number of likely N-dealkylation sites (N-methyl/N-ethyl adjacent to an activating group) is 1. The first-order chi connectivity index (χ1) is 9.47. The van der Waals surface area contributed by atoms with Crippen molar-refractivity contribution in [3.8, 4) is 0 Å². The van der Waals surface area contributed by atoms with Gasteiger partial charge in [-0.05, 0) is 50.5 Å². The lowest BCUT2D eigenvalue weighted by molar-refractivity contribution is -0.0692. The number of nitrogens with zero attached hydrogens (tertiary/aromatic N) is 1. The molecule has 3 heteroatoms. The highest BCUT2D eigenvalue weighted by molar-refractivity contribution is 4.97. The van der Waals surface area contributed by atoms with Crippen LogP contribution in [0.1, 0.15) is 52.9 Å². The largest absolute Gasteiger partial charge is 0.372 e. The summed E-state index contributed by atoms with van der Waals surface area (Å²) < 4.78 is 6.02. The first-order valence-electron chi connectivity index (χ1n) is 8.54. The number of hydrogen-bond donors (Lipinski definition) is 1. The van der Waals surface area contributed by atoms with Gasteiger partial charge in [0, 0.05) is 25.2 Å². The molecule has 3 aliphatic rings. The topological polar surface area (TPSA) is 24.5 Å². The standard InChI is InChI=1S/C17H32N2O/c1-17(2,3)12-5-8-15(18-4)16(9-12)19-10-13-6-7-14(11-19)20-13/h12-16,18H,5-11H2,1-4H3. The zero-order valence-electron chi connectivity index (χ0n) is 13.7. The van der Waals surface area contributed by atoms with E-state index in [1.54, 1.807) is 0 Å². The Bertz CT molecular complexity index is 326.